The minimum Gasteiger partial charge on any atom is -0.350 e. The first-order valence-electron chi connectivity index (χ1n) is 8.50. The van der Waals surface area contributed by atoms with Gasteiger partial charge in [-0.25, -0.2) is 4.68 Å². The van der Waals surface area contributed by atoms with Crippen molar-refractivity contribution in [2.45, 2.75) is 51.9 Å². The largest absolute Gasteiger partial charge is 0.350 e. The summed E-state index contributed by atoms with van der Waals surface area (Å²) < 4.78 is 1.41. The fourth-order valence-corrected chi connectivity index (χ4v) is 3.15. The third-order valence-corrected chi connectivity index (χ3v) is 4.61. The van der Waals surface area contributed by atoms with Crippen molar-refractivity contribution in [1.29, 1.82) is 0 Å². The molecule has 1 aliphatic rings. The number of nitrogens with one attached hydrogen (secondary N) is 1. The lowest BCUT2D eigenvalue weighted by Gasteiger charge is -2.33. The van der Waals surface area contributed by atoms with E-state index in [1.807, 2.05) is 6.07 Å². The van der Waals surface area contributed by atoms with Crippen LogP contribution in [0, 0.1) is 0 Å². The minimum atomic E-state index is -0.0940. The molecule has 1 amide bonds. The summed E-state index contributed by atoms with van der Waals surface area (Å²) >= 11 is 0. The van der Waals surface area contributed by atoms with Crippen molar-refractivity contribution < 1.29 is 4.79 Å². The average molecular weight is 328 g/mol. The topological polar surface area (TPSA) is 75.9 Å². The molecule has 2 heterocycles. The molecule has 1 N–H and O–H groups in total. The van der Waals surface area contributed by atoms with Crippen molar-refractivity contribution in [3.63, 3.8) is 0 Å². The Kier molecular flexibility index (Phi) is 5.53. The average Bonchev–Trinajstić information content (AvgIpc) is 3.09. The van der Waals surface area contributed by atoms with E-state index in [0.717, 1.165) is 13.1 Å². The third-order valence-electron chi connectivity index (χ3n) is 4.61. The van der Waals surface area contributed by atoms with Crippen molar-refractivity contribution in [2.75, 3.05) is 6.54 Å². The number of tetrazole rings is 1. The summed E-state index contributed by atoms with van der Waals surface area (Å²) in [6.07, 6.45) is 5.30. The number of aromatic nitrogens is 4. The van der Waals surface area contributed by atoms with Crippen molar-refractivity contribution in [2.24, 2.45) is 0 Å². The first-order chi connectivity index (χ1) is 11.7. The molecule has 0 radical (unpaired) electrons. The Balaban J connectivity index is 1.58. The SMILES string of the molecule is C[C@@H]1CCCCN1Cc1ccccc1CNC(=O)Cn1cnnn1. The molecule has 0 aliphatic carbocycles. The van der Waals surface area contributed by atoms with Gasteiger partial charge in [0, 0.05) is 19.1 Å². The second-order valence-corrected chi connectivity index (χ2v) is 6.37. The normalized spacial score (nSPS) is 18.5. The van der Waals surface area contributed by atoms with Crippen LogP contribution in [-0.4, -0.2) is 43.6 Å². The highest BCUT2D eigenvalue weighted by Gasteiger charge is 2.19. The van der Waals surface area contributed by atoms with Crippen LogP contribution in [0.15, 0.2) is 30.6 Å². The van der Waals surface area contributed by atoms with Gasteiger partial charge in [-0.1, -0.05) is 30.7 Å². The Bertz CT molecular complexity index is 657. The number of amides is 1. The molecule has 128 valence electrons. The van der Waals surface area contributed by atoms with Gasteiger partial charge in [-0.2, -0.15) is 0 Å². The van der Waals surface area contributed by atoms with Crippen LogP contribution in [0.5, 0.6) is 0 Å². The summed E-state index contributed by atoms with van der Waals surface area (Å²) in [7, 11) is 0. The van der Waals surface area contributed by atoms with Gasteiger partial charge in [-0.3, -0.25) is 9.69 Å². The summed E-state index contributed by atoms with van der Waals surface area (Å²) in [6, 6.07) is 8.95. The number of carbonyl (C=O) groups excluding carboxylic acids is 1. The summed E-state index contributed by atoms with van der Waals surface area (Å²) in [5.41, 5.74) is 2.45. The lowest BCUT2D eigenvalue weighted by atomic mass is 10.0. The number of carbonyl (C=O) groups is 1. The molecular weight excluding hydrogens is 304 g/mol. The summed E-state index contributed by atoms with van der Waals surface area (Å²) in [6.45, 7) is 5.06. The zero-order valence-corrected chi connectivity index (χ0v) is 14.1. The Labute approximate surface area is 142 Å². The van der Waals surface area contributed by atoms with Crippen molar-refractivity contribution in [3.05, 3.63) is 41.7 Å². The fraction of sp³-hybridized carbons (Fsp3) is 0.529. The maximum Gasteiger partial charge on any atom is 0.242 e. The predicted molar refractivity (Wildman–Crippen MR) is 89.8 cm³/mol. The molecule has 1 atom stereocenters. The molecule has 1 fully saturated rings. The van der Waals surface area contributed by atoms with E-state index >= 15 is 0 Å². The molecule has 1 aromatic heterocycles. The van der Waals surface area contributed by atoms with Crippen LogP contribution in [0.1, 0.15) is 37.3 Å². The van der Waals surface area contributed by atoms with Gasteiger partial charge in [0.25, 0.3) is 0 Å². The molecule has 1 aliphatic heterocycles. The lowest BCUT2D eigenvalue weighted by molar-refractivity contribution is -0.122. The van der Waals surface area contributed by atoms with Crippen LogP contribution >= 0.6 is 0 Å². The molecule has 1 saturated heterocycles. The van der Waals surface area contributed by atoms with E-state index in [-0.39, 0.29) is 12.5 Å². The van der Waals surface area contributed by atoms with Gasteiger partial charge < -0.3 is 5.32 Å². The predicted octanol–water partition coefficient (Wildman–Crippen LogP) is 1.36. The fourth-order valence-electron chi connectivity index (χ4n) is 3.15. The van der Waals surface area contributed by atoms with E-state index in [2.05, 4.69) is 50.9 Å². The van der Waals surface area contributed by atoms with E-state index in [1.54, 1.807) is 0 Å². The number of piperidine rings is 1. The monoisotopic (exact) mass is 328 g/mol. The zero-order valence-electron chi connectivity index (χ0n) is 14.1. The highest BCUT2D eigenvalue weighted by Crippen LogP contribution is 2.20. The van der Waals surface area contributed by atoms with E-state index in [4.69, 9.17) is 0 Å². The molecule has 0 unspecified atom stereocenters. The smallest absolute Gasteiger partial charge is 0.242 e. The van der Waals surface area contributed by atoms with Gasteiger partial charge in [0.15, 0.2) is 0 Å². The Morgan fingerprint density at radius 2 is 2.12 bits per heavy atom. The van der Waals surface area contributed by atoms with Crippen LogP contribution in [0.4, 0.5) is 0 Å². The van der Waals surface area contributed by atoms with E-state index in [9.17, 15) is 4.79 Å². The van der Waals surface area contributed by atoms with Gasteiger partial charge in [-0.05, 0) is 47.9 Å². The first kappa shape index (κ1) is 16.6. The maximum absolute atomic E-state index is 12.0. The standard InChI is InChI=1S/C17H24N6O/c1-14-6-4-5-9-22(14)11-16-8-3-2-7-15(16)10-18-17(24)12-23-13-19-20-21-23/h2-3,7-8,13-14H,4-6,9-12H2,1H3,(H,18,24)/t14-/m1/s1. The molecule has 2 aromatic rings. The summed E-state index contributed by atoms with van der Waals surface area (Å²) in [4.78, 5) is 14.5. The molecule has 7 nitrogen and oxygen atoms in total. The number of hydrogen-bond acceptors (Lipinski definition) is 5. The molecule has 0 saturated carbocycles. The third kappa shape index (κ3) is 4.38. The molecule has 0 bridgehead atoms. The van der Waals surface area contributed by atoms with E-state index < -0.39 is 0 Å². The van der Waals surface area contributed by atoms with Gasteiger partial charge >= 0.3 is 0 Å². The maximum atomic E-state index is 12.0. The molecule has 24 heavy (non-hydrogen) atoms. The van der Waals surface area contributed by atoms with Gasteiger partial charge in [-0.15, -0.1) is 5.10 Å². The van der Waals surface area contributed by atoms with Gasteiger partial charge in [0.1, 0.15) is 12.9 Å². The molecule has 1 aromatic carbocycles. The number of hydrogen-bond donors (Lipinski definition) is 1. The molecule has 0 spiro atoms. The van der Waals surface area contributed by atoms with E-state index in [1.165, 1.54) is 41.4 Å². The quantitative estimate of drug-likeness (QED) is 0.866. The Hall–Kier alpha value is -2.28. The van der Waals surface area contributed by atoms with Crippen LogP contribution in [0.3, 0.4) is 0 Å². The number of likely N-dealkylation sites (tertiary alicyclic amines) is 1. The highest BCUT2D eigenvalue weighted by molar-refractivity contribution is 5.75. The minimum absolute atomic E-state index is 0.0940. The molecule has 7 heteroatoms. The summed E-state index contributed by atoms with van der Waals surface area (Å²) in [5.74, 6) is -0.0940. The van der Waals surface area contributed by atoms with Gasteiger partial charge in [0.05, 0.1) is 0 Å². The van der Waals surface area contributed by atoms with Crippen LogP contribution < -0.4 is 5.32 Å². The lowest BCUT2D eigenvalue weighted by Crippen LogP contribution is -2.37. The Morgan fingerprint density at radius 3 is 2.88 bits per heavy atom. The second-order valence-electron chi connectivity index (χ2n) is 6.37. The number of rotatable bonds is 6. The van der Waals surface area contributed by atoms with Crippen LogP contribution in [-0.2, 0) is 24.4 Å². The molecule has 3 rings (SSSR count). The van der Waals surface area contributed by atoms with Crippen molar-refractivity contribution in [1.82, 2.24) is 30.4 Å². The second kappa shape index (κ2) is 8.01. The summed E-state index contributed by atoms with van der Waals surface area (Å²) in [5, 5.41) is 13.7. The zero-order chi connectivity index (χ0) is 16.8. The van der Waals surface area contributed by atoms with Gasteiger partial charge in [0.2, 0.25) is 5.91 Å². The van der Waals surface area contributed by atoms with Crippen molar-refractivity contribution in [3.8, 4) is 0 Å². The highest BCUT2D eigenvalue weighted by atomic mass is 16.2. The van der Waals surface area contributed by atoms with E-state index in [0.29, 0.717) is 12.6 Å². The van der Waals surface area contributed by atoms with Crippen LogP contribution in [0.25, 0.3) is 0 Å². The first-order valence-corrected chi connectivity index (χ1v) is 8.50. The number of nitrogens with zero attached hydrogens (tertiary/aromatic N) is 5. The molecular formula is C17H24N6O. The Morgan fingerprint density at radius 1 is 1.29 bits per heavy atom. The van der Waals surface area contributed by atoms with Crippen LogP contribution in [0.2, 0.25) is 0 Å². The van der Waals surface area contributed by atoms with Crippen molar-refractivity contribution >= 4 is 5.91 Å². The number of benzene rings is 1.